The van der Waals surface area contributed by atoms with Gasteiger partial charge in [0.25, 0.3) is 0 Å². The van der Waals surface area contributed by atoms with E-state index in [4.69, 9.17) is 5.11 Å². The van der Waals surface area contributed by atoms with E-state index in [1.807, 2.05) is 24.3 Å². The molecule has 1 aromatic rings. The van der Waals surface area contributed by atoms with E-state index in [1.54, 1.807) is 0 Å². The van der Waals surface area contributed by atoms with Gasteiger partial charge in [-0.25, -0.2) is 0 Å². The lowest BCUT2D eigenvalue weighted by Crippen LogP contribution is -1.79. The molecule has 0 amide bonds. The Bertz CT molecular complexity index is 305. The van der Waals surface area contributed by atoms with Gasteiger partial charge < -0.3 is 5.11 Å². The van der Waals surface area contributed by atoms with Crippen molar-refractivity contribution in [2.45, 2.75) is 13.3 Å². The lowest BCUT2D eigenvalue weighted by molar-refractivity contribution is 0.303. The van der Waals surface area contributed by atoms with Crippen molar-refractivity contribution in [1.82, 2.24) is 0 Å². The number of rotatable bonds is 3. The number of aliphatic hydroxyl groups excluding tert-OH is 1. The topological polar surface area (TPSA) is 20.2 Å². The molecule has 1 aromatic carbocycles. The third kappa shape index (κ3) is 3.33. The molecule has 0 aromatic heterocycles. The zero-order valence-electron chi connectivity index (χ0n) is 7.63. The largest absolute Gasteiger partial charge is 0.396 e. The van der Waals surface area contributed by atoms with Crippen molar-refractivity contribution in [3.63, 3.8) is 0 Å². The second-order valence-corrected chi connectivity index (χ2v) is 3.78. The molecular formula is C11H13BrO. The van der Waals surface area contributed by atoms with Crippen LogP contribution in [0, 0.1) is 6.92 Å². The summed E-state index contributed by atoms with van der Waals surface area (Å²) in [6.45, 7) is 2.28. The van der Waals surface area contributed by atoms with Crippen LogP contribution in [0.4, 0.5) is 0 Å². The highest BCUT2D eigenvalue weighted by atomic mass is 79.9. The predicted octanol–water partition coefficient (Wildman–Crippen LogP) is 3.15. The third-order valence-electron chi connectivity index (χ3n) is 1.79. The molecule has 0 aliphatic heterocycles. The highest BCUT2D eigenvalue weighted by Gasteiger charge is 1.93. The van der Waals surface area contributed by atoms with E-state index >= 15 is 0 Å². The number of hydrogen-bond donors (Lipinski definition) is 1. The molecule has 0 heterocycles. The zero-order chi connectivity index (χ0) is 9.68. The molecule has 2 heteroatoms. The first kappa shape index (κ1) is 10.5. The molecule has 70 valence electrons. The van der Waals surface area contributed by atoms with Crippen molar-refractivity contribution in [3.05, 3.63) is 39.9 Å². The van der Waals surface area contributed by atoms with Crippen LogP contribution in [0.15, 0.2) is 28.7 Å². The number of aryl methyl sites for hydroxylation is 1. The quantitative estimate of drug-likeness (QED) is 0.861. The van der Waals surface area contributed by atoms with E-state index < -0.39 is 0 Å². The van der Waals surface area contributed by atoms with Crippen molar-refractivity contribution in [3.8, 4) is 0 Å². The van der Waals surface area contributed by atoms with Gasteiger partial charge in [-0.05, 0) is 30.5 Å². The minimum atomic E-state index is 0.214. The molecular weight excluding hydrogens is 228 g/mol. The summed E-state index contributed by atoms with van der Waals surface area (Å²) in [5.74, 6) is 0. The van der Waals surface area contributed by atoms with Crippen molar-refractivity contribution in [2.24, 2.45) is 0 Å². The molecule has 1 nitrogen and oxygen atoms in total. The van der Waals surface area contributed by atoms with Gasteiger partial charge in [-0.1, -0.05) is 40.2 Å². The summed E-state index contributed by atoms with van der Waals surface area (Å²) < 4.78 is 1.13. The molecule has 0 fully saturated rings. The van der Waals surface area contributed by atoms with Gasteiger partial charge in [0.1, 0.15) is 0 Å². The molecule has 0 saturated carbocycles. The predicted molar refractivity (Wildman–Crippen MR) is 59.6 cm³/mol. The molecule has 13 heavy (non-hydrogen) atoms. The van der Waals surface area contributed by atoms with Crippen LogP contribution in [0.2, 0.25) is 0 Å². The van der Waals surface area contributed by atoms with Crippen molar-refractivity contribution < 1.29 is 5.11 Å². The summed E-state index contributed by atoms with van der Waals surface area (Å²) in [6.07, 6.45) is 4.72. The maximum atomic E-state index is 8.58. The Kier molecular flexibility index (Phi) is 4.19. The minimum absolute atomic E-state index is 0.214. The Morgan fingerprint density at radius 2 is 2.23 bits per heavy atom. The first-order chi connectivity index (χ1) is 6.24. The maximum Gasteiger partial charge on any atom is 0.0465 e. The average molecular weight is 241 g/mol. The lowest BCUT2D eigenvalue weighted by Gasteiger charge is -1.98. The highest BCUT2D eigenvalue weighted by Crippen LogP contribution is 2.17. The maximum absolute atomic E-state index is 8.58. The van der Waals surface area contributed by atoms with E-state index in [9.17, 15) is 0 Å². The summed E-state index contributed by atoms with van der Waals surface area (Å²) in [5.41, 5.74) is 2.40. The molecule has 0 aliphatic carbocycles. The third-order valence-corrected chi connectivity index (χ3v) is 2.68. The summed E-state index contributed by atoms with van der Waals surface area (Å²) in [4.78, 5) is 0. The van der Waals surface area contributed by atoms with Crippen molar-refractivity contribution >= 4 is 22.0 Å². The van der Waals surface area contributed by atoms with Gasteiger partial charge in [0, 0.05) is 11.1 Å². The van der Waals surface area contributed by atoms with Gasteiger partial charge in [-0.3, -0.25) is 0 Å². The monoisotopic (exact) mass is 240 g/mol. The zero-order valence-corrected chi connectivity index (χ0v) is 9.21. The van der Waals surface area contributed by atoms with Crippen LogP contribution < -0.4 is 0 Å². The summed E-state index contributed by atoms with van der Waals surface area (Å²) in [6, 6.07) is 6.19. The smallest absolute Gasteiger partial charge is 0.0465 e. The van der Waals surface area contributed by atoms with Crippen LogP contribution >= 0.6 is 15.9 Å². The van der Waals surface area contributed by atoms with Crippen LogP contribution in [0.1, 0.15) is 17.5 Å². The van der Waals surface area contributed by atoms with Crippen LogP contribution in [0.5, 0.6) is 0 Å². The molecule has 0 spiro atoms. The van der Waals surface area contributed by atoms with E-state index in [1.165, 1.54) is 11.1 Å². The van der Waals surface area contributed by atoms with Gasteiger partial charge in [0.05, 0.1) is 0 Å². The molecule has 0 saturated heterocycles. The SMILES string of the molecule is Cc1cc(C=CCCO)ccc1Br. The first-order valence-electron chi connectivity index (χ1n) is 4.27. The van der Waals surface area contributed by atoms with Gasteiger partial charge in [0.2, 0.25) is 0 Å². The number of halogens is 1. The van der Waals surface area contributed by atoms with Crippen molar-refractivity contribution in [1.29, 1.82) is 0 Å². The Labute approximate surface area is 87.2 Å². The molecule has 1 N–H and O–H groups in total. The Hall–Kier alpha value is -0.600. The highest BCUT2D eigenvalue weighted by molar-refractivity contribution is 9.10. The Morgan fingerprint density at radius 1 is 1.46 bits per heavy atom. The fourth-order valence-corrected chi connectivity index (χ4v) is 1.31. The fourth-order valence-electron chi connectivity index (χ4n) is 1.07. The van der Waals surface area contributed by atoms with Crippen LogP contribution in [-0.2, 0) is 0 Å². The number of benzene rings is 1. The standard InChI is InChI=1S/C11H13BrO/c1-9-8-10(4-2-3-7-13)5-6-11(9)12/h2,4-6,8,13H,3,7H2,1H3. The van der Waals surface area contributed by atoms with E-state index in [0.29, 0.717) is 0 Å². The minimum Gasteiger partial charge on any atom is -0.396 e. The number of aliphatic hydroxyl groups is 1. The lowest BCUT2D eigenvalue weighted by atomic mass is 10.1. The fraction of sp³-hybridized carbons (Fsp3) is 0.273. The molecule has 0 atom stereocenters. The molecule has 0 unspecified atom stereocenters. The van der Waals surface area contributed by atoms with Gasteiger partial charge >= 0.3 is 0 Å². The van der Waals surface area contributed by atoms with Gasteiger partial charge in [-0.15, -0.1) is 0 Å². The van der Waals surface area contributed by atoms with Crippen LogP contribution in [0.25, 0.3) is 6.08 Å². The molecule has 1 rings (SSSR count). The molecule has 0 bridgehead atoms. The summed E-state index contributed by atoms with van der Waals surface area (Å²) >= 11 is 3.45. The Balaban J connectivity index is 2.73. The normalized spacial score (nSPS) is 11.0. The molecule has 0 aliphatic rings. The summed E-state index contributed by atoms with van der Waals surface area (Å²) in [5, 5.41) is 8.58. The second-order valence-electron chi connectivity index (χ2n) is 2.92. The number of hydrogen-bond acceptors (Lipinski definition) is 1. The second kappa shape index (κ2) is 5.20. The summed E-state index contributed by atoms with van der Waals surface area (Å²) in [7, 11) is 0. The first-order valence-corrected chi connectivity index (χ1v) is 5.07. The van der Waals surface area contributed by atoms with E-state index in [0.717, 1.165) is 10.9 Å². The van der Waals surface area contributed by atoms with E-state index in [2.05, 4.69) is 28.9 Å². The Morgan fingerprint density at radius 3 is 2.85 bits per heavy atom. The van der Waals surface area contributed by atoms with E-state index in [-0.39, 0.29) is 6.61 Å². The van der Waals surface area contributed by atoms with Crippen molar-refractivity contribution in [2.75, 3.05) is 6.61 Å². The van der Waals surface area contributed by atoms with Gasteiger partial charge in [-0.2, -0.15) is 0 Å². The van der Waals surface area contributed by atoms with Gasteiger partial charge in [0.15, 0.2) is 0 Å². The van der Waals surface area contributed by atoms with Crippen LogP contribution in [-0.4, -0.2) is 11.7 Å². The van der Waals surface area contributed by atoms with Crippen LogP contribution in [0.3, 0.4) is 0 Å². The molecule has 0 radical (unpaired) electrons. The average Bonchev–Trinajstić information content (AvgIpc) is 2.12.